The number of methoxy groups -OCH3 is 1. The normalized spacial score (nSPS) is 25.2. The summed E-state index contributed by atoms with van der Waals surface area (Å²) in [4.78, 5) is 0. The molecule has 0 unspecified atom stereocenters. The van der Waals surface area contributed by atoms with Crippen molar-refractivity contribution >= 4 is 5.69 Å². The number of nitrogens with two attached hydrogens (primary N) is 1. The van der Waals surface area contributed by atoms with Crippen LogP contribution in [0.2, 0.25) is 0 Å². The first-order chi connectivity index (χ1) is 7.31. The van der Waals surface area contributed by atoms with Gasteiger partial charge in [0, 0.05) is 12.1 Å². The van der Waals surface area contributed by atoms with E-state index in [0.29, 0.717) is 6.04 Å². The monoisotopic (exact) mass is 206 g/mol. The van der Waals surface area contributed by atoms with Crippen LogP contribution in [0.25, 0.3) is 0 Å². The summed E-state index contributed by atoms with van der Waals surface area (Å²) in [6, 6.07) is 8.63. The van der Waals surface area contributed by atoms with Crippen LogP contribution in [0.3, 0.4) is 0 Å². The first-order valence-corrected chi connectivity index (χ1v) is 5.46. The highest BCUT2D eigenvalue weighted by Gasteiger charge is 2.24. The van der Waals surface area contributed by atoms with Crippen LogP contribution in [0.1, 0.15) is 19.3 Å². The average molecular weight is 206 g/mol. The van der Waals surface area contributed by atoms with Crippen molar-refractivity contribution in [3.63, 3.8) is 0 Å². The van der Waals surface area contributed by atoms with Crippen molar-refractivity contribution in [3.8, 4) is 5.75 Å². The number of hydrogen-bond donors (Lipinski definition) is 2. The Labute approximate surface area is 90.6 Å². The molecule has 0 spiro atoms. The van der Waals surface area contributed by atoms with Crippen LogP contribution >= 0.6 is 0 Å². The first-order valence-electron chi connectivity index (χ1n) is 5.46. The second-order valence-corrected chi connectivity index (χ2v) is 4.05. The molecule has 15 heavy (non-hydrogen) atoms. The quantitative estimate of drug-likeness (QED) is 0.795. The molecule has 3 nitrogen and oxygen atoms in total. The van der Waals surface area contributed by atoms with Gasteiger partial charge in [-0.1, -0.05) is 12.1 Å². The van der Waals surface area contributed by atoms with Crippen LogP contribution in [0, 0.1) is 0 Å². The van der Waals surface area contributed by atoms with Crippen LogP contribution in [0.4, 0.5) is 5.69 Å². The van der Waals surface area contributed by atoms with E-state index in [4.69, 9.17) is 10.5 Å². The molecule has 0 amide bonds. The van der Waals surface area contributed by atoms with Gasteiger partial charge < -0.3 is 15.8 Å². The van der Waals surface area contributed by atoms with Crippen LogP contribution < -0.4 is 15.8 Å². The predicted molar refractivity (Wildman–Crippen MR) is 62.2 cm³/mol. The fourth-order valence-electron chi connectivity index (χ4n) is 2.13. The van der Waals surface area contributed by atoms with E-state index in [2.05, 4.69) is 5.32 Å². The van der Waals surface area contributed by atoms with E-state index in [1.54, 1.807) is 7.11 Å². The molecular formula is C12H18N2O. The van der Waals surface area contributed by atoms with Gasteiger partial charge in [0.2, 0.25) is 0 Å². The van der Waals surface area contributed by atoms with Crippen molar-refractivity contribution in [2.24, 2.45) is 5.73 Å². The minimum atomic E-state index is 0.273. The van der Waals surface area contributed by atoms with Gasteiger partial charge in [-0.3, -0.25) is 0 Å². The summed E-state index contributed by atoms with van der Waals surface area (Å²) in [6.07, 6.45) is 3.49. The molecule has 0 bridgehead atoms. The molecule has 1 aliphatic rings. The molecule has 1 aromatic rings. The Morgan fingerprint density at radius 1 is 1.33 bits per heavy atom. The Kier molecular flexibility index (Phi) is 3.11. The molecule has 0 aromatic heterocycles. The maximum atomic E-state index is 6.02. The largest absolute Gasteiger partial charge is 0.495 e. The SMILES string of the molecule is COc1ccccc1N[C@@H]1CCC[C@H]1N. The van der Waals surface area contributed by atoms with Gasteiger partial charge in [0.1, 0.15) is 5.75 Å². The fourth-order valence-corrected chi connectivity index (χ4v) is 2.13. The van der Waals surface area contributed by atoms with Gasteiger partial charge in [-0.05, 0) is 31.4 Å². The lowest BCUT2D eigenvalue weighted by Gasteiger charge is -2.20. The maximum Gasteiger partial charge on any atom is 0.141 e. The third kappa shape index (κ3) is 2.23. The molecule has 1 saturated carbocycles. The van der Waals surface area contributed by atoms with Gasteiger partial charge in [0.25, 0.3) is 0 Å². The summed E-state index contributed by atoms with van der Waals surface area (Å²) >= 11 is 0. The van der Waals surface area contributed by atoms with E-state index < -0.39 is 0 Å². The van der Waals surface area contributed by atoms with Crippen LogP contribution in [-0.4, -0.2) is 19.2 Å². The van der Waals surface area contributed by atoms with Crippen molar-refractivity contribution in [2.75, 3.05) is 12.4 Å². The van der Waals surface area contributed by atoms with Crippen LogP contribution in [0.5, 0.6) is 5.75 Å². The van der Waals surface area contributed by atoms with E-state index in [1.165, 1.54) is 6.42 Å². The molecule has 1 aliphatic carbocycles. The first kappa shape index (κ1) is 10.3. The molecule has 0 aliphatic heterocycles. The lowest BCUT2D eigenvalue weighted by atomic mass is 10.1. The molecule has 82 valence electrons. The van der Waals surface area contributed by atoms with Gasteiger partial charge in [-0.2, -0.15) is 0 Å². The molecular weight excluding hydrogens is 188 g/mol. The van der Waals surface area contributed by atoms with Crippen molar-refractivity contribution in [1.82, 2.24) is 0 Å². The number of anilines is 1. The number of hydrogen-bond acceptors (Lipinski definition) is 3. The zero-order valence-corrected chi connectivity index (χ0v) is 9.07. The summed E-state index contributed by atoms with van der Waals surface area (Å²) < 4.78 is 5.29. The molecule has 1 fully saturated rings. The van der Waals surface area contributed by atoms with Crippen molar-refractivity contribution < 1.29 is 4.74 Å². The summed E-state index contributed by atoms with van der Waals surface area (Å²) in [5.41, 5.74) is 7.06. The summed E-state index contributed by atoms with van der Waals surface area (Å²) in [5, 5.41) is 3.46. The second-order valence-electron chi connectivity index (χ2n) is 4.05. The Bertz CT molecular complexity index is 327. The number of ether oxygens (including phenoxy) is 1. The topological polar surface area (TPSA) is 47.3 Å². The Balaban J connectivity index is 2.09. The molecule has 1 aromatic carbocycles. The van der Waals surface area contributed by atoms with Gasteiger partial charge in [-0.15, -0.1) is 0 Å². The molecule has 0 heterocycles. The minimum absolute atomic E-state index is 0.273. The van der Waals surface area contributed by atoms with E-state index in [9.17, 15) is 0 Å². The van der Waals surface area contributed by atoms with Crippen LogP contribution in [-0.2, 0) is 0 Å². The second kappa shape index (κ2) is 4.53. The third-order valence-corrected chi connectivity index (χ3v) is 3.02. The van der Waals surface area contributed by atoms with E-state index >= 15 is 0 Å². The standard InChI is InChI=1S/C12H18N2O/c1-15-12-8-3-2-6-11(12)14-10-7-4-5-9(10)13/h2-3,6,8-10,14H,4-5,7,13H2,1H3/t9-,10-/m1/s1. The van der Waals surface area contributed by atoms with E-state index in [1.807, 2.05) is 24.3 Å². The van der Waals surface area contributed by atoms with Crippen molar-refractivity contribution in [3.05, 3.63) is 24.3 Å². The zero-order chi connectivity index (χ0) is 10.7. The van der Waals surface area contributed by atoms with Crippen molar-refractivity contribution in [1.29, 1.82) is 0 Å². The number of rotatable bonds is 3. The van der Waals surface area contributed by atoms with Gasteiger partial charge >= 0.3 is 0 Å². The summed E-state index contributed by atoms with van der Waals surface area (Å²) in [5.74, 6) is 0.886. The predicted octanol–water partition coefficient (Wildman–Crippen LogP) is 1.99. The highest BCUT2D eigenvalue weighted by Crippen LogP contribution is 2.27. The minimum Gasteiger partial charge on any atom is -0.495 e. The highest BCUT2D eigenvalue weighted by atomic mass is 16.5. The molecule has 2 atom stereocenters. The number of benzene rings is 1. The molecule has 2 rings (SSSR count). The van der Waals surface area contributed by atoms with E-state index in [0.717, 1.165) is 24.3 Å². The maximum absolute atomic E-state index is 6.02. The molecule has 3 heteroatoms. The summed E-state index contributed by atoms with van der Waals surface area (Å²) in [7, 11) is 1.69. The van der Waals surface area contributed by atoms with Gasteiger partial charge in [0.05, 0.1) is 12.8 Å². The Hall–Kier alpha value is -1.22. The smallest absolute Gasteiger partial charge is 0.141 e. The zero-order valence-electron chi connectivity index (χ0n) is 9.07. The Morgan fingerprint density at radius 3 is 2.80 bits per heavy atom. The fraction of sp³-hybridized carbons (Fsp3) is 0.500. The molecule has 3 N–H and O–H groups in total. The van der Waals surface area contributed by atoms with Crippen LogP contribution in [0.15, 0.2) is 24.3 Å². The highest BCUT2D eigenvalue weighted by molar-refractivity contribution is 5.57. The molecule has 0 saturated heterocycles. The number of para-hydroxylation sites is 2. The van der Waals surface area contributed by atoms with Gasteiger partial charge in [0.15, 0.2) is 0 Å². The Morgan fingerprint density at radius 2 is 2.13 bits per heavy atom. The molecule has 0 radical (unpaired) electrons. The lowest BCUT2D eigenvalue weighted by molar-refractivity contribution is 0.415. The summed E-state index contributed by atoms with van der Waals surface area (Å²) in [6.45, 7) is 0. The van der Waals surface area contributed by atoms with Gasteiger partial charge in [-0.25, -0.2) is 0 Å². The van der Waals surface area contributed by atoms with E-state index in [-0.39, 0.29) is 6.04 Å². The lowest BCUT2D eigenvalue weighted by Crippen LogP contribution is -2.35. The van der Waals surface area contributed by atoms with Crippen molar-refractivity contribution in [2.45, 2.75) is 31.3 Å². The average Bonchev–Trinajstić information content (AvgIpc) is 2.65. The third-order valence-electron chi connectivity index (χ3n) is 3.02. The number of nitrogens with one attached hydrogen (secondary N) is 1.